The van der Waals surface area contributed by atoms with Crippen molar-refractivity contribution < 1.29 is 41.9 Å². The number of benzene rings is 1. The van der Waals surface area contributed by atoms with Crippen LogP contribution in [0.2, 0.25) is 0 Å². The minimum atomic E-state index is -5.13. The van der Waals surface area contributed by atoms with Crippen molar-refractivity contribution >= 4 is 23.5 Å². The van der Waals surface area contributed by atoms with Crippen molar-refractivity contribution in [2.75, 3.05) is 38.3 Å². The minimum absolute atomic E-state index is 0.0326. The van der Waals surface area contributed by atoms with Gasteiger partial charge in [0.25, 0.3) is 5.91 Å². The van der Waals surface area contributed by atoms with Crippen LogP contribution in [0.3, 0.4) is 0 Å². The lowest BCUT2D eigenvalue weighted by atomic mass is 9.83. The molecule has 0 spiro atoms. The molecule has 33 heavy (non-hydrogen) atoms. The number of alkyl halides is 3. The molecule has 0 radical (unpaired) electrons. The Balaban J connectivity index is 1.63. The van der Waals surface area contributed by atoms with Crippen LogP contribution in [-0.4, -0.2) is 62.4 Å². The van der Waals surface area contributed by atoms with E-state index in [0.29, 0.717) is 42.8 Å². The van der Waals surface area contributed by atoms with Gasteiger partial charge in [-0.3, -0.25) is 9.59 Å². The average molecular weight is 469 g/mol. The number of nitrogens with zero attached hydrogens (tertiary/aromatic N) is 3. The highest BCUT2D eigenvalue weighted by Gasteiger charge is 2.44. The van der Waals surface area contributed by atoms with Gasteiger partial charge in [0.05, 0.1) is 30.3 Å². The molecule has 2 atom stereocenters. The number of hydrogen-bond donors (Lipinski definition) is 0. The van der Waals surface area contributed by atoms with E-state index in [2.05, 4.69) is 4.84 Å². The summed E-state index contributed by atoms with van der Waals surface area (Å²) in [6.45, 7) is -0.0112. The topological polar surface area (TPSA) is 109 Å². The fourth-order valence-electron chi connectivity index (χ4n) is 4.01. The van der Waals surface area contributed by atoms with E-state index in [0.717, 1.165) is 5.06 Å². The van der Waals surface area contributed by atoms with Crippen LogP contribution in [0.1, 0.15) is 24.8 Å². The van der Waals surface area contributed by atoms with Gasteiger partial charge >= 0.3 is 18.1 Å². The van der Waals surface area contributed by atoms with Gasteiger partial charge < -0.3 is 19.2 Å². The summed E-state index contributed by atoms with van der Waals surface area (Å²) < 4.78 is 47.6. The van der Waals surface area contributed by atoms with Gasteiger partial charge in [-0.25, -0.2) is 4.79 Å². The molecule has 2 heterocycles. The summed E-state index contributed by atoms with van der Waals surface area (Å²) in [5, 5.41) is 9.96. The number of carbonyl (C=O) groups is 3. The van der Waals surface area contributed by atoms with E-state index in [1.54, 1.807) is 18.2 Å². The molecule has 3 rings (SSSR count). The van der Waals surface area contributed by atoms with Crippen molar-refractivity contribution in [2.45, 2.75) is 25.4 Å². The lowest BCUT2D eigenvalue weighted by Gasteiger charge is -2.36. The number of amides is 1. The van der Waals surface area contributed by atoms with Gasteiger partial charge in [0.1, 0.15) is 5.75 Å². The Morgan fingerprint density at radius 3 is 2.76 bits per heavy atom. The first-order valence-electron chi connectivity index (χ1n) is 10.2. The third-order valence-corrected chi connectivity index (χ3v) is 5.65. The number of rotatable bonds is 6. The number of methoxy groups -OCH3 is 1. The zero-order chi connectivity index (χ0) is 24.2. The molecule has 1 amide bonds. The number of nitriles is 1. The number of hydroxylamine groups is 2. The molecule has 0 aromatic heterocycles. The normalized spacial score (nSPS) is 20.9. The second kappa shape index (κ2) is 10.1. The molecule has 1 fully saturated rings. The molecular formula is C21H22F3N3O6. The van der Waals surface area contributed by atoms with Crippen molar-refractivity contribution in [2.24, 2.45) is 11.8 Å². The molecule has 178 valence electrons. The number of carbonyl (C=O) groups excluding carboxylic acids is 3. The molecule has 1 aromatic rings. The second-order valence-electron chi connectivity index (χ2n) is 7.71. The first kappa shape index (κ1) is 24.3. The standard InChI is InChI=1S/C21H22F3N3O6/c1-31-19(29)15-11-26(33-20(30)21(22,23)24)8-6-14(15)3-2-7-27-16-9-13(10-25)4-5-17(16)32-12-18(27)28/h4-5,9,14-15H,2-3,6-8,11-12H2,1H3. The number of anilines is 1. The van der Waals surface area contributed by atoms with Gasteiger partial charge in [0.15, 0.2) is 6.61 Å². The fraction of sp³-hybridized carbons (Fsp3) is 0.524. The molecule has 0 saturated carbocycles. The maximum absolute atomic E-state index is 12.5. The van der Waals surface area contributed by atoms with E-state index in [9.17, 15) is 27.6 Å². The number of halogens is 3. The predicted octanol–water partition coefficient (Wildman–Crippen LogP) is 2.20. The SMILES string of the molecule is COC(=O)C1CN(OC(=O)C(F)(F)F)CCC1CCCN1C(=O)COc2ccc(C#N)cc21. The van der Waals surface area contributed by atoms with E-state index in [1.807, 2.05) is 6.07 Å². The molecule has 12 heteroatoms. The summed E-state index contributed by atoms with van der Waals surface area (Å²) in [5.41, 5.74) is 0.868. The van der Waals surface area contributed by atoms with Gasteiger partial charge in [0, 0.05) is 19.6 Å². The highest BCUT2D eigenvalue weighted by Crippen LogP contribution is 2.34. The molecule has 1 saturated heterocycles. The number of ether oxygens (including phenoxy) is 2. The number of hydrogen-bond acceptors (Lipinski definition) is 8. The highest BCUT2D eigenvalue weighted by atomic mass is 19.4. The van der Waals surface area contributed by atoms with Crippen LogP contribution in [0.15, 0.2) is 18.2 Å². The summed E-state index contributed by atoms with van der Waals surface area (Å²) in [6.07, 6.45) is -3.86. The minimum Gasteiger partial charge on any atom is -0.482 e. The van der Waals surface area contributed by atoms with Crippen molar-refractivity contribution in [3.05, 3.63) is 23.8 Å². The molecule has 2 aliphatic rings. The molecule has 2 unspecified atom stereocenters. The maximum atomic E-state index is 12.5. The summed E-state index contributed by atoms with van der Waals surface area (Å²) in [4.78, 5) is 41.6. The summed E-state index contributed by atoms with van der Waals surface area (Å²) in [6, 6.07) is 6.80. The first-order chi connectivity index (χ1) is 15.6. The Labute approximate surface area is 187 Å². The van der Waals surface area contributed by atoms with E-state index in [-0.39, 0.29) is 31.5 Å². The molecule has 0 aliphatic carbocycles. The van der Waals surface area contributed by atoms with E-state index >= 15 is 0 Å². The van der Waals surface area contributed by atoms with Gasteiger partial charge in [-0.1, -0.05) is 0 Å². The number of piperidine rings is 1. The summed E-state index contributed by atoms with van der Waals surface area (Å²) >= 11 is 0. The quantitative estimate of drug-likeness (QED) is 0.584. The van der Waals surface area contributed by atoms with Gasteiger partial charge in [-0.15, -0.1) is 5.06 Å². The highest BCUT2D eigenvalue weighted by molar-refractivity contribution is 5.98. The molecule has 2 aliphatic heterocycles. The van der Waals surface area contributed by atoms with Crippen molar-refractivity contribution in [1.29, 1.82) is 5.26 Å². The van der Waals surface area contributed by atoms with E-state index < -0.39 is 24.0 Å². The fourth-order valence-corrected chi connectivity index (χ4v) is 4.01. The van der Waals surface area contributed by atoms with E-state index in [4.69, 9.17) is 14.7 Å². The van der Waals surface area contributed by atoms with E-state index in [1.165, 1.54) is 12.0 Å². The molecule has 9 nitrogen and oxygen atoms in total. The molecular weight excluding hydrogens is 447 g/mol. The monoisotopic (exact) mass is 469 g/mol. The van der Waals surface area contributed by atoms with Crippen molar-refractivity contribution in [3.8, 4) is 11.8 Å². The van der Waals surface area contributed by atoms with Crippen LogP contribution in [0.4, 0.5) is 18.9 Å². The Morgan fingerprint density at radius 2 is 2.09 bits per heavy atom. The zero-order valence-electron chi connectivity index (χ0n) is 17.8. The lowest BCUT2D eigenvalue weighted by molar-refractivity contribution is -0.246. The van der Waals surface area contributed by atoms with Gasteiger partial charge in [0.2, 0.25) is 0 Å². The molecule has 0 bridgehead atoms. The van der Waals surface area contributed by atoms with Crippen LogP contribution in [-0.2, 0) is 24.0 Å². The molecule has 0 N–H and O–H groups in total. The van der Waals surface area contributed by atoms with Crippen molar-refractivity contribution in [3.63, 3.8) is 0 Å². The maximum Gasteiger partial charge on any atom is 0.492 e. The second-order valence-corrected chi connectivity index (χ2v) is 7.71. The zero-order valence-corrected chi connectivity index (χ0v) is 17.8. The average Bonchev–Trinajstić information content (AvgIpc) is 2.79. The van der Waals surface area contributed by atoms with Crippen LogP contribution in [0.5, 0.6) is 5.75 Å². The Kier molecular flexibility index (Phi) is 7.43. The summed E-state index contributed by atoms with van der Waals surface area (Å²) in [5.74, 6) is -3.76. The van der Waals surface area contributed by atoms with Gasteiger partial charge in [-0.2, -0.15) is 18.4 Å². The predicted molar refractivity (Wildman–Crippen MR) is 106 cm³/mol. The lowest BCUT2D eigenvalue weighted by Crippen LogP contribution is -2.47. The smallest absolute Gasteiger partial charge is 0.482 e. The van der Waals surface area contributed by atoms with Crippen LogP contribution < -0.4 is 9.64 Å². The first-order valence-corrected chi connectivity index (χ1v) is 10.2. The summed E-state index contributed by atoms with van der Waals surface area (Å²) in [7, 11) is 1.18. The number of fused-ring (bicyclic) bond motifs is 1. The van der Waals surface area contributed by atoms with Crippen LogP contribution in [0, 0.1) is 23.2 Å². The van der Waals surface area contributed by atoms with Crippen LogP contribution in [0.25, 0.3) is 0 Å². The Bertz CT molecular complexity index is 962. The Hall–Kier alpha value is -3.33. The third kappa shape index (κ3) is 5.73. The van der Waals surface area contributed by atoms with Crippen molar-refractivity contribution in [1.82, 2.24) is 5.06 Å². The number of esters is 1. The van der Waals surface area contributed by atoms with Gasteiger partial charge in [-0.05, 0) is 43.4 Å². The third-order valence-electron chi connectivity index (χ3n) is 5.65. The Morgan fingerprint density at radius 1 is 1.33 bits per heavy atom. The van der Waals surface area contributed by atoms with Crippen LogP contribution >= 0.6 is 0 Å². The molecule has 1 aromatic carbocycles. The largest absolute Gasteiger partial charge is 0.492 e.